The third-order valence-corrected chi connectivity index (χ3v) is 5.75. The largest absolute Gasteiger partial charge is 1.00 e. The number of hydrogen-bond acceptors (Lipinski definition) is 5. The topological polar surface area (TPSA) is 86.5 Å². The van der Waals surface area contributed by atoms with Crippen LogP contribution in [0.2, 0.25) is 0 Å². The summed E-state index contributed by atoms with van der Waals surface area (Å²) in [5.74, 6) is -0.967. The van der Waals surface area contributed by atoms with Gasteiger partial charge in [-0.25, -0.2) is 0 Å². The summed E-state index contributed by atoms with van der Waals surface area (Å²) >= 11 is 0. The smallest absolute Gasteiger partial charge is 1.00 e. The fourth-order valence-electron chi connectivity index (χ4n) is 3.01. The monoisotopic (exact) mass is 415 g/mol. The van der Waals surface area contributed by atoms with Gasteiger partial charge in [0.1, 0.15) is 0 Å². The standard InChI is InChI=1S/C20H41NO4S.Na.H/c1-2-3-4-5-6-7-8-9-10-11-12-13-14-15-16-17-20(22)25-26(23,24)19-18-21;;/h2-19,21H2,1H3;;/q;+1;-1. The first kappa shape index (κ1) is 29.6. The van der Waals surface area contributed by atoms with E-state index in [0.29, 0.717) is 6.42 Å². The van der Waals surface area contributed by atoms with Gasteiger partial charge in [-0.3, -0.25) is 4.79 Å². The third-order valence-electron chi connectivity index (χ3n) is 4.57. The Labute approximate surface area is 191 Å². The quantitative estimate of drug-likeness (QED) is 0.199. The fourth-order valence-corrected chi connectivity index (χ4v) is 3.75. The van der Waals surface area contributed by atoms with E-state index < -0.39 is 16.1 Å². The van der Waals surface area contributed by atoms with E-state index in [0.717, 1.165) is 12.8 Å². The van der Waals surface area contributed by atoms with Crippen LogP contribution in [0.4, 0.5) is 0 Å². The van der Waals surface area contributed by atoms with Crippen molar-refractivity contribution in [2.75, 3.05) is 12.3 Å². The van der Waals surface area contributed by atoms with Gasteiger partial charge in [-0.15, -0.1) is 0 Å². The first-order valence-electron chi connectivity index (χ1n) is 10.7. The van der Waals surface area contributed by atoms with Crippen LogP contribution in [-0.2, 0) is 19.1 Å². The van der Waals surface area contributed by atoms with E-state index >= 15 is 0 Å². The Morgan fingerprint density at radius 3 is 1.52 bits per heavy atom. The van der Waals surface area contributed by atoms with Gasteiger partial charge >= 0.3 is 45.6 Å². The van der Waals surface area contributed by atoms with Crippen molar-refractivity contribution in [3.63, 3.8) is 0 Å². The summed E-state index contributed by atoms with van der Waals surface area (Å²) in [6.45, 7) is 2.22. The van der Waals surface area contributed by atoms with E-state index in [-0.39, 0.29) is 49.7 Å². The molecule has 0 aliphatic heterocycles. The molecule has 0 bridgehead atoms. The summed E-state index contributed by atoms with van der Waals surface area (Å²) in [4.78, 5) is 11.4. The molecule has 0 aliphatic rings. The summed E-state index contributed by atoms with van der Waals surface area (Å²) in [7, 11) is -3.78. The zero-order chi connectivity index (χ0) is 19.5. The molecule has 0 saturated carbocycles. The van der Waals surface area contributed by atoms with Crippen molar-refractivity contribution >= 4 is 16.1 Å². The van der Waals surface area contributed by atoms with Crippen LogP contribution >= 0.6 is 0 Å². The van der Waals surface area contributed by atoms with Gasteiger partial charge in [0.05, 0.1) is 5.75 Å². The van der Waals surface area contributed by atoms with E-state index in [1.807, 2.05) is 0 Å². The molecular weight excluding hydrogens is 373 g/mol. The molecule has 0 aromatic heterocycles. The normalized spacial score (nSPS) is 11.2. The Kier molecular flexibility index (Phi) is 23.1. The molecule has 0 fully saturated rings. The molecule has 7 heteroatoms. The number of rotatable bonds is 19. The van der Waals surface area contributed by atoms with E-state index in [9.17, 15) is 13.2 Å². The van der Waals surface area contributed by atoms with Crippen LogP contribution in [0.5, 0.6) is 0 Å². The SMILES string of the molecule is CCCCCCCCCCCCCCCCCC(=O)OS(=O)(=O)CCN.[H-].[Na+]. The summed E-state index contributed by atoms with van der Waals surface area (Å²) in [5.41, 5.74) is 5.16. The van der Waals surface area contributed by atoms with Crippen LogP contribution in [0.3, 0.4) is 0 Å². The van der Waals surface area contributed by atoms with E-state index in [2.05, 4.69) is 11.1 Å². The molecule has 0 spiro atoms. The van der Waals surface area contributed by atoms with Crippen LogP contribution in [0.25, 0.3) is 0 Å². The summed E-state index contributed by atoms with van der Waals surface area (Å²) in [6.07, 6.45) is 19.0. The minimum Gasteiger partial charge on any atom is -1.00 e. The Hall–Kier alpha value is 0.380. The summed E-state index contributed by atoms with van der Waals surface area (Å²) in [6, 6.07) is 0. The molecule has 0 aromatic rings. The molecule has 0 atom stereocenters. The Balaban J connectivity index is -0.00000312. The number of carbonyl (C=O) groups excluding carboxylic acids is 1. The number of carbonyl (C=O) groups is 1. The minimum absolute atomic E-state index is 0. The minimum atomic E-state index is -3.78. The molecule has 0 saturated heterocycles. The molecule has 0 amide bonds. The Bertz CT molecular complexity index is 436. The number of unbranched alkanes of at least 4 members (excludes halogenated alkanes) is 14. The molecule has 0 aromatic carbocycles. The average molecular weight is 416 g/mol. The van der Waals surface area contributed by atoms with Crippen LogP contribution in [0, 0.1) is 0 Å². The number of nitrogens with two attached hydrogens (primary N) is 1. The molecule has 158 valence electrons. The molecule has 0 radical (unpaired) electrons. The molecule has 2 N–H and O–H groups in total. The molecule has 0 unspecified atom stereocenters. The van der Waals surface area contributed by atoms with Crippen molar-refractivity contribution in [1.82, 2.24) is 0 Å². The van der Waals surface area contributed by atoms with Crippen molar-refractivity contribution < 1.29 is 48.4 Å². The van der Waals surface area contributed by atoms with E-state index in [1.54, 1.807) is 0 Å². The maximum Gasteiger partial charge on any atom is 1.00 e. The average Bonchev–Trinajstić information content (AvgIpc) is 2.57. The summed E-state index contributed by atoms with van der Waals surface area (Å²) in [5, 5.41) is 0. The predicted octanol–water partition coefficient (Wildman–Crippen LogP) is 2.20. The maximum atomic E-state index is 11.4. The van der Waals surface area contributed by atoms with Crippen LogP contribution in [-0.4, -0.2) is 26.7 Å². The van der Waals surface area contributed by atoms with Gasteiger partial charge < -0.3 is 11.3 Å². The third kappa shape index (κ3) is 22.5. The Morgan fingerprint density at radius 1 is 0.778 bits per heavy atom. The summed E-state index contributed by atoms with van der Waals surface area (Å²) < 4.78 is 27.0. The second kappa shape index (κ2) is 21.1. The van der Waals surface area contributed by atoms with Gasteiger partial charge in [0, 0.05) is 13.0 Å². The molecule has 0 rings (SSSR count). The molecule has 0 heterocycles. The van der Waals surface area contributed by atoms with Gasteiger partial charge in [-0.2, -0.15) is 8.42 Å². The van der Waals surface area contributed by atoms with Crippen molar-refractivity contribution in [2.45, 2.75) is 110 Å². The van der Waals surface area contributed by atoms with Gasteiger partial charge in [0.25, 0.3) is 0 Å². The van der Waals surface area contributed by atoms with Crippen LogP contribution in [0.1, 0.15) is 111 Å². The number of hydrogen-bond donors (Lipinski definition) is 1. The van der Waals surface area contributed by atoms with Gasteiger partial charge in [0.2, 0.25) is 0 Å². The van der Waals surface area contributed by atoms with Crippen molar-refractivity contribution in [1.29, 1.82) is 0 Å². The predicted molar refractivity (Wildman–Crippen MR) is 110 cm³/mol. The first-order chi connectivity index (χ1) is 12.5. The van der Waals surface area contributed by atoms with Crippen LogP contribution < -0.4 is 35.3 Å². The zero-order valence-electron chi connectivity index (χ0n) is 18.8. The van der Waals surface area contributed by atoms with Gasteiger partial charge in [-0.05, 0) is 6.42 Å². The van der Waals surface area contributed by atoms with Crippen molar-refractivity contribution in [3.8, 4) is 0 Å². The second-order valence-electron chi connectivity index (χ2n) is 7.21. The van der Waals surface area contributed by atoms with Gasteiger partial charge in [0.15, 0.2) is 0 Å². The maximum absolute atomic E-state index is 11.4. The van der Waals surface area contributed by atoms with Crippen LogP contribution in [0.15, 0.2) is 0 Å². The fraction of sp³-hybridized carbons (Fsp3) is 0.950. The Morgan fingerprint density at radius 2 is 1.15 bits per heavy atom. The first-order valence-corrected chi connectivity index (χ1v) is 12.2. The van der Waals surface area contributed by atoms with Crippen molar-refractivity contribution in [2.24, 2.45) is 5.73 Å². The molecule has 0 aliphatic carbocycles. The molecular formula is C20H42NNaO4S. The molecule has 5 nitrogen and oxygen atoms in total. The van der Waals surface area contributed by atoms with E-state index in [4.69, 9.17) is 5.73 Å². The zero-order valence-corrected chi connectivity index (χ0v) is 20.7. The second-order valence-corrected chi connectivity index (χ2v) is 8.90. The van der Waals surface area contributed by atoms with Gasteiger partial charge in [-0.1, -0.05) is 96.8 Å². The van der Waals surface area contributed by atoms with Crippen molar-refractivity contribution in [3.05, 3.63) is 0 Å². The molecule has 27 heavy (non-hydrogen) atoms. The van der Waals surface area contributed by atoms with E-state index in [1.165, 1.54) is 77.0 Å².